The fourth-order valence-corrected chi connectivity index (χ4v) is 3.90. The monoisotopic (exact) mass is 568 g/mol. The summed E-state index contributed by atoms with van der Waals surface area (Å²) in [5.41, 5.74) is 3.23. The van der Waals surface area contributed by atoms with Gasteiger partial charge in [0.15, 0.2) is 5.96 Å². The van der Waals surface area contributed by atoms with Gasteiger partial charge in [-0.25, -0.2) is 0 Å². The molecule has 2 atom stereocenters. The molecule has 2 unspecified atom stereocenters. The number of hydrogen-bond donors (Lipinski definition) is 3. The molecule has 1 heterocycles. The average Bonchev–Trinajstić information content (AvgIpc) is 3.24. The molecule has 182 valence electrons. The molecule has 8 heteroatoms. The van der Waals surface area contributed by atoms with E-state index in [0.717, 1.165) is 55.6 Å². The molecule has 0 spiro atoms. The van der Waals surface area contributed by atoms with E-state index in [9.17, 15) is 5.11 Å². The number of aliphatic hydroxyl groups is 1. The Morgan fingerprint density at radius 1 is 1.15 bits per heavy atom. The highest BCUT2D eigenvalue weighted by atomic mass is 127. The number of benzene rings is 2. The molecule has 1 fully saturated rings. The molecule has 7 nitrogen and oxygen atoms in total. The quantitative estimate of drug-likeness (QED) is 0.244. The smallest absolute Gasteiger partial charge is 0.191 e. The van der Waals surface area contributed by atoms with E-state index in [1.54, 1.807) is 14.2 Å². The molecule has 2 aromatic carbocycles. The molecule has 3 N–H and O–H groups in total. The molecule has 1 aliphatic heterocycles. The Kier molecular flexibility index (Phi) is 11.2. The van der Waals surface area contributed by atoms with Gasteiger partial charge in [-0.3, -0.25) is 9.89 Å². The van der Waals surface area contributed by atoms with Crippen LogP contribution >= 0.6 is 24.0 Å². The first-order chi connectivity index (χ1) is 15.5. The number of aliphatic imine (C=N–C) groups is 1. The number of nitrogens with zero attached hydrogens (tertiary/aromatic N) is 2. The number of likely N-dealkylation sites (tertiary alicyclic amines) is 1. The molecular weight excluding hydrogens is 531 g/mol. The van der Waals surface area contributed by atoms with Crippen LogP contribution in [-0.2, 0) is 6.54 Å². The first kappa shape index (κ1) is 27.2. The van der Waals surface area contributed by atoms with Crippen LogP contribution in [0.25, 0.3) is 0 Å². The largest absolute Gasteiger partial charge is 0.497 e. The third kappa shape index (κ3) is 8.35. The van der Waals surface area contributed by atoms with Gasteiger partial charge in [-0.15, -0.1) is 24.0 Å². The second-order valence-electron chi connectivity index (χ2n) is 8.23. The molecule has 0 aromatic heterocycles. The van der Waals surface area contributed by atoms with Crippen LogP contribution < -0.4 is 20.1 Å². The molecule has 3 rings (SSSR count). The maximum atomic E-state index is 10.5. The number of methoxy groups -OCH3 is 2. The summed E-state index contributed by atoms with van der Waals surface area (Å²) in [6, 6.07) is 14.2. The first-order valence-corrected chi connectivity index (χ1v) is 11.2. The van der Waals surface area contributed by atoms with Gasteiger partial charge < -0.3 is 25.2 Å². The predicted octanol–water partition coefficient (Wildman–Crippen LogP) is 3.49. The van der Waals surface area contributed by atoms with Gasteiger partial charge in [0.05, 0.1) is 26.9 Å². The Balaban J connectivity index is 0.00000385. The van der Waals surface area contributed by atoms with Crippen molar-refractivity contribution in [1.29, 1.82) is 0 Å². The maximum Gasteiger partial charge on any atom is 0.191 e. The van der Waals surface area contributed by atoms with Gasteiger partial charge in [0, 0.05) is 38.3 Å². The third-order valence-electron chi connectivity index (χ3n) is 5.66. The number of guanidine groups is 1. The van der Waals surface area contributed by atoms with Crippen molar-refractivity contribution in [3.8, 4) is 11.5 Å². The first-order valence-electron chi connectivity index (χ1n) is 11.2. The van der Waals surface area contributed by atoms with Crippen LogP contribution in [0.4, 0.5) is 0 Å². The Hall–Kier alpha value is -2.04. The lowest BCUT2D eigenvalue weighted by Crippen LogP contribution is -2.44. The van der Waals surface area contributed by atoms with Crippen molar-refractivity contribution in [2.45, 2.75) is 39.0 Å². The number of rotatable bonds is 9. The highest BCUT2D eigenvalue weighted by Crippen LogP contribution is 2.24. The van der Waals surface area contributed by atoms with Crippen molar-refractivity contribution in [2.75, 3.05) is 40.4 Å². The third-order valence-corrected chi connectivity index (χ3v) is 5.66. The molecule has 0 aliphatic carbocycles. The Morgan fingerprint density at radius 3 is 2.42 bits per heavy atom. The lowest BCUT2D eigenvalue weighted by Gasteiger charge is -2.20. The van der Waals surface area contributed by atoms with E-state index in [0.29, 0.717) is 12.6 Å². The van der Waals surface area contributed by atoms with Crippen molar-refractivity contribution in [1.82, 2.24) is 15.5 Å². The van der Waals surface area contributed by atoms with Crippen molar-refractivity contribution in [2.24, 2.45) is 4.99 Å². The van der Waals surface area contributed by atoms with E-state index >= 15 is 0 Å². The molecule has 2 aromatic rings. The van der Waals surface area contributed by atoms with Gasteiger partial charge >= 0.3 is 0 Å². The van der Waals surface area contributed by atoms with Crippen LogP contribution in [0, 0.1) is 6.92 Å². The summed E-state index contributed by atoms with van der Waals surface area (Å²) in [7, 11) is 3.34. The zero-order valence-corrected chi connectivity index (χ0v) is 22.3. The van der Waals surface area contributed by atoms with E-state index in [1.165, 1.54) is 11.1 Å². The molecule has 0 amide bonds. The molecule has 1 saturated heterocycles. The van der Waals surface area contributed by atoms with Gasteiger partial charge in [0.1, 0.15) is 11.5 Å². The summed E-state index contributed by atoms with van der Waals surface area (Å²) in [6.45, 7) is 7.94. The minimum absolute atomic E-state index is 0. The lowest BCUT2D eigenvalue weighted by molar-refractivity contribution is 0.187. The van der Waals surface area contributed by atoms with Crippen molar-refractivity contribution >= 4 is 29.9 Å². The summed E-state index contributed by atoms with van der Waals surface area (Å²) in [4.78, 5) is 7.04. The second-order valence-corrected chi connectivity index (χ2v) is 8.23. The topological polar surface area (TPSA) is 78.4 Å². The molecule has 0 bridgehead atoms. The second kappa shape index (κ2) is 13.6. The van der Waals surface area contributed by atoms with Crippen molar-refractivity contribution in [3.63, 3.8) is 0 Å². The van der Waals surface area contributed by atoms with Gasteiger partial charge in [-0.2, -0.15) is 0 Å². The van der Waals surface area contributed by atoms with E-state index in [2.05, 4.69) is 32.7 Å². The van der Waals surface area contributed by atoms with Crippen molar-refractivity contribution < 1.29 is 14.6 Å². The van der Waals surface area contributed by atoms with E-state index in [1.807, 2.05) is 44.2 Å². The van der Waals surface area contributed by atoms with Gasteiger partial charge in [0.2, 0.25) is 0 Å². The average molecular weight is 569 g/mol. The van der Waals surface area contributed by atoms with Crippen LogP contribution in [-0.4, -0.2) is 62.4 Å². The summed E-state index contributed by atoms with van der Waals surface area (Å²) in [6.07, 6.45) is 0.417. The van der Waals surface area contributed by atoms with Gasteiger partial charge in [0.25, 0.3) is 0 Å². The zero-order valence-electron chi connectivity index (χ0n) is 20.0. The maximum absolute atomic E-state index is 10.5. The van der Waals surface area contributed by atoms with Crippen LogP contribution in [0.5, 0.6) is 11.5 Å². The van der Waals surface area contributed by atoms with Crippen molar-refractivity contribution in [3.05, 3.63) is 59.2 Å². The van der Waals surface area contributed by atoms with Crippen LogP contribution in [0.1, 0.15) is 36.1 Å². The summed E-state index contributed by atoms with van der Waals surface area (Å²) >= 11 is 0. The standard InChI is InChI=1S/C25H36N4O3.HI/c1-5-26-25(27-15-24(30)20-8-6-18(2)7-9-20)28-21-10-11-29(17-21)16-19-12-22(31-3)14-23(13-19)32-4;/h6-9,12-14,21,24,30H,5,10-11,15-17H2,1-4H3,(H2,26,27,28);1H. The van der Waals surface area contributed by atoms with E-state index in [4.69, 9.17) is 9.47 Å². The highest BCUT2D eigenvalue weighted by Gasteiger charge is 2.23. The Morgan fingerprint density at radius 2 is 1.82 bits per heavy atom. The normalized spacial score (nSPS) is 17.2. The minimum atomic E-state index is -0.617. The fraction of sp³-hybridized carbons (Fsp3) is 0.480. The Bertz CT molecular complexity index is 869. The predicted molar refractivity (Wildman–Crippen MR) is 144 cm³/mol. The van der Waals surface area contributed by atoms with Crippen LogP contribution in [0.2, 0.25) is 0 Å². The number of halogens is 1. The van der Waals surface area contributed by atoms with Gasteiger partial charge in [-0.1, -0.05) is 29.8 Å². The van der Waals surface area contributed by atoms with Crippen LogP contribution in [0.3, 0.4) is 0 Å². The van der Waals surface area contributed by atoms with E-state index in [-0.39, 0.29) is 24.0 Å². The fourth-order valence-electron chi connectivity index (χ4n) is 3.90. The zero-order chi connectivity index (χ0) is 22.9. The van der Waals surface area contributed by atoms with Gasteiger partial charge in [-0.05, 0) is 43.5 Å². The number of hydrogen-bond acceptors (Lipinski definition) is 5. The number of aryl methyl sites for hydroxylation is 1. The molecule has 1 aliphatic rings. The summed E-state index contributed by atoms with van der Waals surface area (Å²) < 4.78 is 10.8. The molecular formula is C25H37IN4O3. The molecule has 0 radical (unpaired) electrons. The number of ether oxygens (including phenoxy) is 2. The number of aliphatic hydroxyl groups excluding tert-OH is 1. The lowest BCUT2D eigenvalue weighted by atomic mass is 10.1. The van der Waals surface area contributed by atoms with E-state index < -0.39 is 6.10 Å². The Labute approximate surface area is 214 Å². The van der Waals surface area contributed by atoms with Crippen LogP contribution in [0.15, 0.2) is 47.5 Å². The number of nitrogens with one attached hydrogen (secondary N) is 2. The highest BCUT2D eigenvalue weighted by molar-refractivity contribution is 14.0. The summed E-state index contributed by atoms with van der Waals surface area (Å²) in [5, 5.41) is 17.3. The molecule has 33 heavy (non-hydrogen) atoms. The minimum Gasteiger partial charge on any atom is -0.497 e. The summed E-state index contributed by atoms with van der Waals surface area (Å²) in [5.74, 6) is 2.36. The SMILES string of the molecule is CCNC(=NCC(O)c1ccc(C)cc1)NC1CCN(Cc2cc(OC)cc(OC)c2)C1.I. The molecule has 0 saturated carbocycles.